The van der Waals surface area contributed by atoms with Crippen molar-refractivity contribution in [2.75, 3.05) is 19.7 Å². The molecule has 0 amide bonds. The summed E-state index contributed by atoms with van der Waals surface area (Å²) >= 11 is 0. The number of hydrogen-bond donors (Lipinski definition) is 2. The van der Waals surface area contributed by atoms with Gasteiger partial charge in [-0.2, -0.15) is 0 Å². The fourth-order valence-electron chi connectivity index (χ4n) is 3.85. The molecule has 3 heteroatoms. The van der Waals surface area contributed by atoms with E-state index in [9.17, 15) is 0 Å². The zero-order valence-electron chi connectivity index (χ0n) is 11.4. The quantitative estimate of drug-likeness (QED) is 0.763. The Morgan fingerprint density at radius 2 is 1.89 bits per heavy atom. The van der Waals surface area contributed by atoms with Crippen LogP contribution in [0.4, 0.5) is 0 Å². The summed E-state index contributed by atoms with van der Waals surface area (Å²) in [6.45, 7) is 2.42. The van der Waals surface area contributed by atoms with E-state index in [1.54, 1.807) is 0 Å². The van der Waals surface area contributed by atoms with E-state index in [1.165, 1.54) is 51.4 Å². The average molecular weight is 253 g/mol. The summed E-state index contributed by atoms with van der Waals surface area (Å²) in [5.74, 6) is 0. The maximum Gasteiger partial charge on any atom is 0.0708 e. The van der Waals surface area contributed by atoms with Gasteiger partial charge in [-0.1, -0.05) is 12.8 Å². The Morgan fingerprint density at radius 1 is 1.11 bits per heavy atom. The van der Waals surface area contributed by atoms with Crippen molar-refractivity contribution in [3.05, 3.63) is 0 Å². The van der Waals surface area contributed by atoms with E-state index in [4.69, 9.17) is 9.84 Å². The van der Waals surface area contributed by atoms with Gasteiger partial charge in [0.05, 0.1) is 11.7 Å². The first-order valence-electron chi connectivity index (χ1n) is 7.75. The van der Waals surface area contributed by atoms with Gasteiger partial charge < -0.3 is 15.2 Å². The van der Waals surface area contributed by atoms with Gasteiger partial charge in [-0.3, -0.25) is 0 Å². The topological polar surface area (TPSA) is 41.5 Å². The molecule has 3 rings (SSSR count). The summed E-state index contributed by atoms with van der Waals surface area (Å²) in [6, 6.07) is 0. The molecule has 0 aromatic heterocycles. The molecule has 3 nitrogen and oxygen atoms in total. The van der Waals surface area contributed by atoms with Crippen LogP contribution in [-0.4, -0.2) is 36.5 Å². The minimum atomic E-state index is 0.273. The maximum absolute atomic E-state index is 9.04. The lowest BCUT2D eigenvalue weighted by molar-refractivity contribution is -0.0354. The lowest BCUT2D eigenvalue weighted by Gasteiger charge is -2.24. The fraction of sp³-hybridized carbons (Fsp3) is 1.00. The number of aliphatic hydroxyl groups is 1. The molecule has 18 heavy (non-hydrogen) atoms. The van der Waals surface area contributed by atoms with Crippen molar-refractivity contribution in [1.82, 2.24) is 5.32 Å². The molecule has 3 fully saturated rings. The summed E-state index contributed by atoms with van der Waals surface area (Å²) in [5.41, 5.74) is 0.702. The third-order valence-electron chi connectivity index (χ3n) is 5.32. The molecule has 0 aromatic carbocycles. The van der Waals surface area contributed by atoms with Crippen molar-refractivity contribution in [3.63, 3.8) is 0 Å². The molecular weight excluding hydrogens is 226 g/mol. The predicted molar refractivity (Wildman–Crippen MR) is 71.5 cm³/mol. The third kappa shape index (κ3) is 2.73. The van der Waals surface area contributed by atoms with E-state index in [1.807, 2.05) is 0 Å². The van der Waals surface area contributed by atoms with Crippen molar-refractivity contribution < 1.29 is 9.84 Å². The highest BCUT2D eigenvalue weighted by molar-refractivity contribution is 4.96. The van der Waals surface area contributed by atoms with Crippen molar-refractivity contribution in [2.45, 2.75) is 69.5 Å². The average Bonchev–Trinajstić information content (AvgIpc) is 2.83. The summed E-state index contributed by atoms with van der Waals surface area (Å²) in [4.78, 5) is 0. The number of aliphatic hydroxyl groups excluding tert-OH is 1. The SMILES string of the molecule is OCCC1(CNCC2CCC3(CCCC3)O2)CC1. The van der Waals surface area contributed by atoms with E-state index in [-0.39, 0.29) is 5.60 Å². The predicted octanol–water partition coefficient (Wildman–Crippen LogP) is 2.23. The van der Waals surface area contributed by atoms with Crippen LogP contribution in [0.15, 0.2) is 0 Å². The number of nitrogens with one attached hydrogen (secondary N) is 1. The second-order valence-corrected chi connectivity index (χ2v) is 6.77. The highest BCUT2D eigenvalue weighted by Crippen LogP contribution is 2.48. The Balaban J connectivity index is 1.37. The van der Waals surface area contributed by atoms with Gasteiger partial charge in [0.1, 0.15) is 0 Å². The van der Waals surface area contributed by atoms with Crippen LogP contribution >= 0.6 is 0 Å². The molecule has 1 atom stereocenters. The molecule has 2 aliphatic carbocycles. The van der Waals surface area contributed by atoms with Crippen molar-refractivity contribution in [2.24, 2.45) is 5.41 Å². The molecule has 1 unspecified atom stereocenters. The first kappa shape index (κ1) is 12.9. The van der Waals surface area contributed by atoms with Gasteiger partial charge in [0.25, 0.3) is 0 Å². The molecule has 1 aliphatic heterocycles. The zero-order chi connectivity index (χ0) is 12.5. The number of hydrogen-bond acceptors (Lipinski definition) is 3. The van der Waals surface area contributed by atoms with Crippen LogP contribution in [0.5, 0.6) is 0 Å². The summed E-state index contributed by atoms with van der Waals surface area (Å²) < 4.78 is 6.29. The lowest BCUT2D eigenvalue weighted by Crippen LogP contribution is -2.34. The van der Waals surface area contributed by atoms with Crippen LogP contribution in [0.1, 0.15) is 57.8 Å². The molecule has 0 aromatic rings. The van der Waals surface area contributed by atoms with Crippen LogP contribution in [0.25, 0.3) is 0 Å². The standard InChI is InChI=1S/C15H27NO2/c17-10-9-14(7-8-14)12-16-11-13-3-6-15(18-13)4-1-2-5-15/h13,16-17H,1-12H2. The van der Waals surface area contributed by atoms with Gasteiger partial charge in [-0.15, -0.1) is 0 Å². The van der Waals surface area contributed by atoms with E-state index < -0.39 is 0 Å². The zero-order valence-corrected chi connectivity index (χ0v) is 11.4. The Kier molecular flexibility index (Phi) is 3.65. The highest BCUT2D eigenvalue weighted by atomic mass is 16.5. The molecule has 104 valence electrons. The normalized spacial score (nSPS) is 32.2. The Hall–Kier alpha value is -0.120. The summed E-state index contributed by atoms with van der Waals surface area (Å²) in [5, 5.41) is 12.6. The third-order valence-corrected chi connectivity index (χ3v) is 5.32. The number of ether oxygens (including phenoxy) is 1. The van der Waals surface area contributed by atoms with Crippen LogP contribution in [0.2, 0.25) is 0 Å². The van der Waals surface area contributed by atoms with E-state index in [0.29, 0.717) is 18.1 Å². The minimum Gasteiger partial charge on any atom is -0.396 e. The van der Waals surface area contributed by atoms with Crippen LogP contribution in [0.3, 0.4) is 0 Å². The Labute approximate surface area is 110 Å². The van der Waals surface area contributed by atoms with E-state index in [2.05, 4.69) is 5.32 Å². The van der Waals surface area contributed by atoms with Crippen LogP contribution in [-0.2, 0) is 4.74 Å². The molecule has 1 saturated heterocycles. The summed E-state index contributed by atoms with van der Waals surface area (Å²) in [6.07, 6.45) is 11.8. The Bertz CT molecular complexity index is 282. The van der Waals surface area contributed by atoms with E-state index in [0.717, 1.165) is 19.5 Å². The van der Waals surface area contributed by atoms with Gasteiger partial charge in [-0.05, 0) is 50.4 Å². The first-order valence-corrected chi connectivity index (χ1v) is 7.75. The molecule has 1 heterocycles. The molecule has 2 N–H and O–H groups in total. The van der Waals surface area contributed by atoms with Crippen LogP contribution in [0, 0.1) is 5.41 Å². The van der Waals surface area contributed by atoms with Crippen molar-refractivity contribution in [3.8, 4) is 0 Å². The minimum absolute atomic E-state index is 0.273. The van der Waals surface area contributed by atoms with Gasteiger partial charge in [-0.25, -0.2) is 0 Å². The Morgan fingerprint density at radius 3 is 2.56 bits per heavy atom. The van der Waals surface area contributed by atoms with Crippen molar-refractivity contribution >= 4 is 0 Å². The molecule has 0 radical (unpaired) electrons. The molecular formula is C15H27NO2. The molecule has 0 bridgehead atoms. The maximum atomic E-state index is 9.04. The smallest absolute Gasteiger partial charge is 0.0708 e. The van der Waals surface area contributed by atoms with Crippen molar-refractivity contribution in [1.29, 1.82) is 0 Å². The van der Waals surface area contributed by atoms with Crippen LogP contribution < -0.4 is 5.32 Å². The lowest BCUT2D eigenvalue weighted by atomic mass is 9.98. The molecule has 1 spiro atoms. The van der Waals surface area contributed by atoms with Gasteiger partial charge >= 0.3 is 0 Å². The highest BCUT2D eigenvalue weighted by Gasteiger charge is 2.43. The fourth-order valence-corrected chi connectivity index (χ4v) is 3.85. The van der Waals surface area contributed by atoms with Gasteiger partial charge in [0.15, 0.2) is 0 Å². The second kappa shape index (κ2) is 5.10. The molecule has 3 aliphatic rings. The first-order chi connectivity index (χ1) is 8.76. The number of rotatable bonds is 6. The van der Waals surface area contributed by atoms with Gasteiger partial charge in [0.2, 0.25) is 0 Å². The monoisotopic (exact) mass is 253 g/mol. The second-order valence-electron chi connectivity index (χ2n) is 6.77. The largest absolute Gasteiger partial charge is 0.396 e. The van der Waals surface area contributed by atoms with E-state index >= 15 is 0 Å². The van der Waals surface area contributed by atoms with Gasteiger partial charge in [0, 0.05) is 19.7 Å². The molecule has 2 saturated carbocycles. The summed E-state index contributed by atoms with van der Waals surface area (Å²) in [7, 11) is 0.